The quantitative estimate of drug-likeness (QED) is 0.862. The van der Waals surface area contributed by atoms with Crippen molar-refractivity contribution in [2.75, 3.05) is 13.1 Å². The van der Waals surface area contributed by atoms with E-state index < -0.39 is 0 Å². The summed E-state index contributed by atoms with van der Waals surface area (Å²) in [4.78, 5) is 12.5. The Morgan fingerprint density at radius 1 is 0.950 bits per heavy atom. The van der Waals surface area contributed by atoms with Crippen molar-refractivity contribution in [3.63, 3.8) is 0 Å². The van der Waals surface area contributed by atoms with Crippen LogP contribution in [0.4, 0.5) is 0 Å². The third kappa shape index (κ3) is 2.52. The SMILES string of the molecule is CC1CNCC1C(=O)c1ccc(-c2ccccc2)cc1. The molecule has 2 aromatic carbocycles. The van der Waals surface area contributed by atoms with E-state index in [1.807, 2.05) is 42.5 Å². The third-order valence-electron chi connectivity index (χ3n) is 4.13. The van der Waals surface area contributed by atoms with Gasteiger partial charge in [0.05, 0.1) is 0 Å². The zero-order chi connectivity index (χ0) is 13.9. The van der Waals surface area contributed by atoms with Crippen LogP contribution in [0.25, 0.3) is 11.1 Å². The first-order chi connectivity index (χ1) is 9.75. The van der Waals surface area contributed by atoms with Crippen LogP contribution in [0.5, 0.6) is 0 Å². The summed E-state index contributed by atoms with van der Waals surface area (Å²) in [7, 11) is 0. The Balaban J connectivity index is 1.81. The number of carbonyl (C=O) groups excluding carboxylic acids is 1. The highest BCUT2D eigenvalue weighted by molar-refractivity contribution is 5.98. The van der Waals surface area contributed by atoms with Gasteiger partial charge < -0.3 is 5.32 Å². The first-order valence-corrected chi connectivity index (χ1v) is 7.16. The van der Waals surface area contributed by atoms with Crippen molar-refractivity contribution >= 4 is 5.78 Å². The highest BCUT2D eigenvalue weighted by atomic mass is 16.1. The highest BCUT2D eigenvalue weighted by Gasteiger charge is 2.29. The number of ketones is 1. The molecule has 1 fully saturated rings. The van der Waals surface area contributed by atoms with E-state index in [0.717, 1.165) is 24.2 Å². The van der Waals surface area contributed by atoms with Crippen molar-refractivity contribution in [1.29, 1.82) is 0 Å². The van der Waals surface area contributed by atoms with Crippen LogP contribution >= 0.6 is 0 Å². The van der Waals surface area contributed by atoms with Crippen molar-refractivity contribution in [1.82, 2.24) is 5.32 Å². The molecule has 1 N–H and O–H groups in total. The Morgan fingerprint density at radius 3 is 2.20 bits per heavy atom. The highest BCUT2D eigenvalue weighted by Crippen LogP contribution is 2.24. The molecule has 0 bridgehead atoms. The van der Waals surface area contributed by atoms with Gasteiger partial charge in [0.2, 0.25) is 0 Å². The van der Waals surface area contributed by atoms with Gasteiger partial charge in [0.1, 0.15) is 0 Å². The molecule has 102 valence electrons. The molecular formula is C18H19NO. The number of hydrogen-bond acceptors (Lipinski definition) is 2. The molecule has 0 amide bonds. The van der Waals surface area contributed by atoms with Gasteiger partial charge in [-0.3, -0.25) is 4.79 Å². The molecule has 3 rings (SSSR count). The molecule has 1 heterocycles. The molecule has 2 heteroatoms. The van der Waals surface area contributed by atoms with Crippen LogP contribution < -0.4 is 5.32 Å². The van der Waals surface area contributed by atoms with Crippen molar-refractivity contribution < 1.29 is 4.79 Å². The monoisotopic (exact) mass is 265 g/mol. The minimum absolute atomic E-state index is 0.123. The fourth-order valence-electron chi connectivity index (χ4n) is 2.83. The lowest BCUT2D eigenvalue weighted by Crippen LogP contribution is -2.21. The van der Waals surface area contributed by atoms with E-state index in [1.54, 1.807) is 0 Å². The first kappa shape index (κ1) is 13.1. The van der Waals surface area contributed by atoms with E-state index in [-0.39, 0.29) is 11.7 Å². The zero-order valence-electron chi connectivity index (χ0n) is 11.7. The normalized spacial score (nSPS) is 21.9. The fourth-order valence-corrected chi connectivity index (χ4v) is 2.83. The predicted molar refractivity (Wildman–Crippen MR) is 81.7 cm³/mol. The molecular weight excluding hydrogens is 246 g/mol. The summed E-state index contributed by atoms with van der Waals surface area (Å²) < 4.78 is 0. The van der Waals surface area contributed by atoms with Gasteiger partial charge in [0.25, 0.3) is 0 Å². The second-order valence-corrected chi connectivity index (χ2v) is 5.55. The van der Waals surface area contributed by atoms with E-state index >= 15 is 0 Å². The molecule has 2 atom stereocenters. The topological polar surface area (TPSA) is 29.1 Å². The van der Waals surface area contributed by atoms with Crippen molar-refractivity contribution in [2.24, 2.45) is 11.8 Å². The smallest absolute Gasteiger partial charge is 0.167 e. The molecule has 20 heavy (non-hydrogen) atoms. The van der Waals surface area contributed by atoms with Gasteiger partial charge in [-0.1, -0.05) is 61.5 Å². The molecule has 2 unspecified atom stereocenters. The van der Waals surface area contributed by atoms with Gasteiger partial charge in [-0.2, -0.15) is 0 Å². The lowest BCUT2D eigenvalue weighted by atomic mass is 9.89. The van der Waals surface area contributed by atoms with E-state index in [0.29, 0.717) is 5.92 Å². The summed E-state index contributed by atoms with van der Waals surface area (Å²) in [5.74, 6) is 0.816. The summed E-state index contributed by atoms with van der Waals surface area (Å²) in [6.45, 7) is 3.89. The summed E-state index contributed by atoms with van der Waals surface area (Å²) in [5.41, 5.74) is 3.16. The molecule has 0 spiro atoms. The van der Waals surface area contributed by atoms with E-state index in [4.69, 9.17) is 0 Å². The standard InChI is InChI=1S/C18H19NO/c1-13-11-19-12-17(13)18(20)16-9-7-15(8-10-16)14-5-3-2-4-6-14/h2-10,13,17,19H,11-12H2,1H3. The van der Waals surface area contributed by atoms with Crippen molar-refractivity contribution in [2.45, 2.75) is 6.92 Å². The Morgan fingerprint density at radius 2 is 1.60 bits per heavy atom. The van der Waals surface area contributed by atoms with Gasteiger partial charge in [0.15, 0.2) is 5.78 Å². The van der Waals surface area contributed by atoms with Crippen LogP contribution in [0.3, 0.4) is 0 Å². The molecule has 0 aromatic heterocycles. The number of benzene rings is 2. The zero-order valence-corrected chi connectivity index (χ0v) is 11.7. The van der Waals surface area contributed by atoms with Crippen LogP contribution in [0.1, 0.15) is 17.3 Å². The van der Waals surface area contributed by atoms with Crippen molar-refractivity contribution in [3.8, 4) is 11.1 Å². The molecule has 0 aliphatic carbocycles. The third-order valence-corrected chi connectivity index (χ3v) is 4.13. The van der Waals surface area contributed by atoms with Gasteiger partial charge in [-0.25, -0.2) is 0 Å². The van der Waals surface area contributed by atoms with Gasteiger partial charge >= 0.3 is 0 Å². The summed E-state index contributed by atoms with van der Waals surface area (Å²) in [6.07, 6.45) is 0. The summed E-state index contributed by atoms with van der Waals surface area (Å²) in [6, 6.07) is 18.2. The van der Waals surface area contributed by atoms with E-state index in [1.165, 1.54) is 5.56 Å². The molecule has 1 aliphatic heterocycles. The van der Waals surface area contributed by atoms with Crippen LogP contribution in [-0.2, 0) is 0 Å². The Labute approximate surface area is 119 Å². The first-order valence-electron chi connectivity index (χ1n) is 7.16. The van der Waals surface area contributed by atoms with Gasteiger partial charge in [-0.15, -0.1) is 0 Å². The van der Waals surface area contributed by atoms with Crippen LogP contribution in [0.2, 0.25) is 0 Å². The average Bonchev–Trinajstić information content (AvgIpc) is 2.94. The maximum Gasteiger partial charge on any atom is 0.167 e. The number of nitrogens with one attached hydrogen (secondary N) is 1. The lowest BCUT2D eigenvalue weighted by molar-refractivity contribution is 0.0908. The molecule has 0 radical (unpaired) electrons. The fraction of sp³-hybridized carbons (Fsp3) is 0.278. The number of carbonyl (C=O) groups is 1. The van der Waals surface area contributed by atoms with Crippen LogP contribution in [-0.4, -0.2) is 18.9 Å². The molecule has 1 aliphatic rings. The van der Waals surface area contributed by atoms with Gasteiger partial charge in [0, 0.05) is 18.0 Å². The predicted octanol–water partition coefficient (Wildman–Crippen LogP) is 3.39. The van der Waals surface area contributed by atoms with E-state index in [9.17, 15) is 4.79 Å². The Bertz CT molecular complexity index is 589. The van der Waals surface area contributed by atoms with Crippen molar-refractivity contribution in [3.05, 3.63) is 60.2 Å². The van der Waals surface area contributed by atoms with E-state index in [2.05, 4.69) is 24.4 Å². The average molecular weight is 265 g/mol. The minimum atomic E-state index is 0.123. The maximum atomic E-state index is 12.5. The van der Waals surface area contributed by atoms with Crippen LogP contribution in [0, 0.1) is 11.8 Å². The maximum absolute atomic E-state index is 12.5. The second-order valence-electron chi connectivity index (χ2n) is 5.55. The molecule has 2 aromatic rings. The Hall–Kier alpha value is -1.93. The number of hydrogen-bond donors (Lipinski definition) is 1. The lowest BCUT2D eigenvalue weighted by Gasteiger charge is -2.13. The minimum Gasteiger partial charge on any atom is -0.316 e. The molecule has 0 saturated carbocycles. The number of rotatable bonds is 3. The number of Topliss-reactive ketones (excluding diaryl/α,β-unsaturated/α-hetero) is 1. The van der Waals surface area contributed by atoms with Gasteiger partial charge in [-0.05, 0) is 23.6 Å². The summed E-state index contributed by atoms with van der Waals surface area (Å²) in [5, 5.41) is 3.29. The summed E-state index contributed by atoms with van der Waals surface area (Å²) >= 11 is 0. The Kier molecular flexibility index (Phi) is 3.66. The second kappa shape index (κ2) is 5.59. The largest absolute Gasteiger partial charge is 0.316 e. The van der Waals surface area contributed by atoms with Crippen LogP contribution in [0.15, 0.2) is 54.6 Å². The molecule has 2 nitrogen and oxygen atoms in total. The molecule has 1 saturated heterocycles.